The van der Waals surface area contributed by atoms with E-state index >= 15 is 0 Å². The number of benzene rings is 1. The fourth-order valence-electron chi connectivity index (χ4n) is 2.32. The molecule has 0 spiro atoms. The van der Waals surface area contributed by atoms with Crippen LogP contribution in [0.15, 0.2) is 30.5 Å². The lowest BCUT2D eigenvalue weighted by atomic mass is 10.2. The van der Waals surface area contributed by atoms with Gasteiger partial charge in [-0.15, -0.1) is 0 Å². The van der Waals surface area contributed by atoms with Crippen LogP contribution in [0.1, 0.15) is 12.8 Å². The molecule has 0 atom stereocenters. The molecule has 2 rings (SSSR count). The van der Waals surface area contributed by atoms with E-state index in [0.717, 1.165) is 54.1 Å². The summed E-state index contributed by atoms with van der Waals surface area (Å²) in [7, 11) is 3.79. The molecule has 0 fully saturated rings. The maximum atomic E-state index is 5.88. The summed E-state index contributed by atoms with van der Waals surface area (Å²) in [5.41, 5.74) is 0.921. The molecule has 1 heterocycles. The molecule has 0 aliphatic heterocycles. The van der Waals surface area contributed by atoms with Gasteiger partial charge in [-0.25, -0.2) is 0 Å². The van der Waals surface area contributed by atoms with Crippen LogP contribution >= 0.6 is 12.6 Å². The van der Waals surface area contributed by atoms with Gasteiger partial charge in [0.15, 0.2) is 11.5 Å². The first-order valence-electron chi connectivity index (χ1n) is 7.59. The highest BCUT2D eigenvalue weighted by molar-refractivity contribution is 7.80. The van der Waals surface area contributed by atoms with Crippen LogP contribution in [0.4, 0.5) is 0 Å². The Kier molecular flexibility index (Phi) is 6.80. The summed E-state index contributed by atoms with van der Waals surface area (Å²) in [4.78, 5) is 6.66. The van der Waals surface area contributed by atoms with Crippen LogP contribution < -0.4 is 9.47 Å². The van der Waals surface area contributed by atoms with Gasteiger partial charge in [-0.05, 0) is 44.3 Å². The van der Waals surface area contributed by atoms with E-state index in [0.29, 0.717) is 6.61 Å². The molecule has 1 aromatic heterocycles. The Morgan fingerprint density at radius 2 is 2.00 bits per heavy atom. The van der Waals surface area contributed by atoms with Crippen molar-refractivity contribution in [3.05, 3.63) is 30.5 Å². The van der Waals surface area contributed by atoms with Crippen LogP contribution in [0.25, 0.3) is 10.9 Å². The van der Waals surface area contributed by atoms with E-state index < -0.39 is 0 Å². The number of nitrogens with zero attached hydrogens (tertiary/aromatic N) is 2. The van der Waals surface area contributed by atoms with Gasteiger partial charge >= 0.3 is 0 Å². The molecule has 5 heteroatoms. The highest BCUT2D eigenvalue weighted by Crippen LogP contribution is 2.31. The standard InChI is InChI=1S/C17H24N2O2S/c1-19(9-5-11-22)8-4-10-21-17-13-15-14(6-3-7-18-15)12-16(17)20-2/h3,6-7,12-13,22H,4-5,8-11H2,1-2H3. The van der Waals surface area contributed by atoms with Crippen LogP contribution in [0.2, 0.25) is 0 Å². The van der Waals surface area contributed by atoms with E-state index in [4.69, 9.17) is 9.47 Å². The van der Waals surface area contributed by atoms with Crippen molar-refractivity contribution in [3.63, 3.8) is 0 Å². The zero-order valence-electron chi connectivity index (χ0n) is 13.3. The van der Waals surface area contributed by atoms with E-state index in [1.165, 1.54) is 0 Å². The molecule has 0 amide bonds. The number of aromatic nitrogens is 1. The minimum atomic E-state index is 0.667. The molecule has 22 heavy (non-hydrogen) atoms. The zero-order valence-corrected chi connectivity index (χ0v) is 14.2. The van der Waals surface area contributed by atoms with Crippen LogP contribution in [-0.4, -0.2) is 49.5 Å². The number of hydrogen-bond donors (Lipinski definition) is 1. The Morgan fingerprint density at radius 3 is 2.77 bits per heavy atom. The second-order valence-corrected chi connectivity index (χ2v) is 5.73. The minimum absolute atomic E-state index is 0.667. The first-order valence-corrected chi connectivity index (χ1v) is 8.23. The molecule has 0 saturated carbocycles. The summed E-state index contributed by atoms with van der Waals surface area (Å²) in [6, 6.07) is 7.85. The third-order valence-corrected chi connectivity index (χ3v) is 3.84. The lowest BCUT2D eigenvalue weighted by Gasteiger charge is -2.16. The van der Waals surface area contributed by atoms with Crippen molar-refractivity contribution in [1.82, 2.24) is 9.88 Å². The van der Waals surface area contributed by atoms with Gasteiger partial charge in [0.1, 0.15) is 0 Å². The van der Waals surface area contributed by atoms with Gasteiger partial charge < -0.3 is 14.4 Å². The van der Waals surface area contributed by atoms with Gasteiger partial charge in [-0.1, -0.05) is 6.07 Å². The summed E-state index contributed by atoms with van der Waals surface area (Å²) in [5, 5.41) is 1.05. The van der Waals surface area contributed by atoms with Crippen molar-refractivity contribution in [2.24, 2.45) is 0 Å². The Labute approximate surface area is 137 Å². The Balaban J connectivity index is 1.90. The summed E-state index contributed by atoms with van der Waals surface area (Å²) in [6.07, 6.45) is 3.88. The highest BCUT2D eigenvalue weighted by Gasteiger charge is 2.07. The molecular weight excluding hydrogens is 296 g/mol. The predicted molar refractivity (Wildman–Crippen MR) is 94.4 cm³/mol. The third kappa shape index (κ3) is 4.78. The number of pyridine rings is 1. The van der Waals surface area contributed by atoms with Crippen LogP contribution in [0, 0.1) is 0 Å². The molecule has 0 radical (unpaired) electrons. The van der Waals surface area contributed by atoms with Crippen LogP contribution in [0.3, 0.4) is 0 Å². The first-order chi connectivity index (χ1) is 10.7. The Hall–Kier alpha value is -1.46. The van der Waals surface area contributed by atoms with Gasteiger partial charge in [-0.2, -0.15) is 12.6 Å². The predicted octanol–water partition coefficient (Wildman–Crippen LogP) is 3.26. The molecule has 0 unspecified atom stereocenters. The zero-order chi connectivity index (χ0) is 15.8. The van der Waals surface area contributed by atoms with E-state index in [1.54, 1.807) is 13.3 Å². The normalized spacial score (nSPS) is 11.1. The van der Waals surface area contributed by atoms with E-state index in [9.17, 15) is 0 Å². The van der Waals surface area contributed by atoms with Gasteiger partial charge in [0.05, 0.1) is 19.2 Å². The Morgan fingerprint density at radius 1 is 1.18 bits per heavy atom. The van der Waals surface area contributed by atoms with Crippen molar-refractivity contribution in [2.45, 2.75) is 12.8 Å². The second kappa shape index (κ2) is 8.86. The maximum Gasteiger partial charge on any atom is 0.163 e. The highest BCUT2D eigenvalue weighted by atomic mass is 32.1. The molecule has 120 valence electrons. The van der Waals surface area contributed by atoms with Crippen molar-refractivity contribution in [2.75, 3.05) is 39.6 Å². The molecule has 0 saturated heterocycles. The summed E-state index contributed by atoms with van der Waals surface area (Å²) < 4.78 is 11.3. The van der Waals surface area contributed by atoms with E-state index in [-0.39, 0.29) is 0 Å². The van der Waals surface area contributed by atoms with E-state index in [1.807, 2.05) is 24.3 Å². The summed E-state index contributed by atoms with van der Waals surface area (Å²) in [6.45, 7) is 2.76. The topological polar surface area (TPSA) is 34.6 Å². The number of fused-ring (bicyclic) bond motifs is 1. The van der Waals surface area contributed by atoms with E-state index in [2.05, 4.69) is 29.6 Å². The fraction of sp³-hybridized carbons (Fsp3) is 0.471. The van der Waals surface area contributed by atoms with Crippen LogP contribution in [0.5, 0.6) is 11.5 Å². The van der Waals surface area contributed by atoms with Crippen molar-refractivity contribution in [1.29, 1.82) is 0 Å². The van der Waals surface area contributed by atoms with Crippen molar-refractivity contribution in [3.8, 4) is 11.5 Å². The number of hydrogen-bond acceptors (Lipinski definition) is 5. The maximum absolute atomic E-state index is 5.88. The number of thiol groups is 1. The van der Waals surface area contributed by atoms with Gasteiger partial charge in [-0.3, -0.25) is 4.98 Å². The molecule has 0 N–H and O–H groups in total. The number of ether oxygens (including phenoxy) is 2. The average molecular weight is 320 g/mol. The van der Waals surface area contributed by atoms with Crippen molar-refractivity contribution >= 4 is 23.5 Å². The summed E-state index contributed by atoms with van der Waals surface area (Å²) >= 11 is 4.23. The first kappa shape index (κ1) is 16.9. The van der Waals surface area contributed by atoms with Crippen molar-refractivity contribution < 1.29 is 9.47 Å². The average Bonchev–Trinajstić information content (AvgIpc) is 2.56. The number of rotatable bonds is 9. The molecule has 1 aromatic carbocycles. The number of methoxy groups -OCH3 is 1. The SMILES string of the molecule is COc1cc2cccnc2cc1OCCCN(C)CCCS. The minimum Gasteiger partial charge on any atom is -0.493 e. The van der Waals surface area contributed by atoms with Gasteiger partial charge in [0.2, 0.25) is 0 Å². The monoisotopic (exact) mass is 320 g/mol. The Bertz CT molecular complexity index is 592. The quantitative estimate of drug-likeness (QED) is 0.568. The molecule has 4 nitrogen and oxygen atoms in total. The lowest BCUT2D eigenvalue weighted by Crippen LogP contribution is -2.22. The van der Waals surface area contributed by atoms with Crippen LogP contribution in [-0.2, 0) is 0 Å². The smallest absolute Gasteiger partial charge is 0.163 e. The molecule has 2 aromatic rings. The summed E-state index contributed by atoms with van der Waals surface area (Å²) in [5.74, 6) is 2.44. The van der Waals surface area contributed by atoms with Gasteiger partial charge in [0.25, 0.3) is 0 Å². The largest absolute Gasteiger partial charge is 0.493 e. The molecule has 0 aliphatic carbocycles. The molecule has 0 aliphatic rings. The van der Waals surface area contributed by atoms with Gasteiger partial charge in [0, 0.05) is 24.2 Å². The fourth-order valence-corrected chi connectivity index (χ4v) is 2.46. The molecular formula is C17H24N2O2S. The second-order valence-electron chi connectivity index (χ2n) is 5.28. The molecule has 0 bridgehead atoms. The third-order valence-electron chi connectivity index (χ3n) is 3.53. The lowest BCUT2D eigenvalue weighted by molar-refractivity contribution is 0.254.